The average molecular weight is 455 g/mol. The molecule has 1 aliphatic rings. The third kappa shape index (κ3) is 5.64. The zero-order chi connectivity index (χ0) is 23.9. The molecule has 1 saturated heterocycles. The Morgan fingerprint density at radius 2 is 1.94 bits per heavy atom. The number of nitrogens with zero attached hydrogens (tertiary/aromatic N) is 5. The van der Waals surface area contributed by atoms with E-state index < -0.39 is 0 Å². The molecule has 0 atom stereocenters. The molecule has 8 nitrogen and oxygen atoms in total. The Kier molecular flexibility index (Phi) is 7.28. The Labute approximate surface area is 198 Å². The Morgan fingerprint density at radius 1 is 1.12 bits per heavy atom. The maximum atomic E-state index is 11.0. The summed E-state index contributed by atoms with van der Waals surface area (Å²) < 4.78 is 6.78. The summed E-state index contributed by atoms with van der Waals surface area (Å²) in [4.78, 5) is 21.9. The third-order valence-electron chi connectivity index (χ3n) is 5.42. The molecule has 0 aliphatic carbocycles. The highest BCUT2D eigenvalue weighted by Gasteiger charge is 2.08. The average Bonchev–Trinajstić information content (AvgIpc) is 3.26. The second-order valence-corrected chi connectivity index (χ2v) is 7.96. The number of carbonyl (C=O) groups excluding carboxylic acids is 1. The van der Waals surface area contributed by atoms with Gasteiger partial charge in [-0.2, -0.15) is 5.10 Å². The number of rotatable bonds is 2. The van der Waals surface area contributed by atoms with Gasteiger partial charge in [-0.1, -0.05) is 24.0 Å². The molecular weight excluding hydrogens is 428 g/mol. The summed E-state index contributed by atoms with van der Waals surface area (Å²) in [6.45, 7) is 5.93. The van der Waals surface area contributed by atoms with Crippen LogP contribution in [0.3, 0.4) is 0 Å². The van der Waals surface area contributed by atoms with Crippen molar-refractivity contribution in [3.8, 4) is 23.1 Å². The molecule has 1 aromatic carbocycles. The van der Waals surface area contributed by atoms with Crippen molar-refractivity contribution in [2.75, 3.05) is 39.1 Å². The Bertz CT molecular complexity index is 1360. The topological polar surface area (TPSA) is 98.6 Å². The zero-order valence-electron chi connectivity index (χ0n) is 19.2. The van der Waals surface area contributed by atoms with Crippen LogP contribution in [0.25, 0.3) is 16.9 Å². The lowest BCUT2D eigenvalue weighted by atomic mass is 10.0. The van der Waals surface area contributed by atoms with Gasteiger partial charge in [-0.05, 0) is 43.8 Å². The molecule has 3 aromatic heterocycles. The first-order valence-corrected chi connectivity index (χ1v) is 10.9. The standard InChI is InChI=1S/C21H15N5O.C5H11NO/c1-14-10-16(4-5-18(14)13-27)19-7-9-26-21(25-19)17(12-24-26)3-2-15-6-8-23-20(22)11-15;1-6-2-4-7-5-3-6/h4-13H,1H3,(H2,22,23);2-5H2,1H3. The summed E-state index contributed by atoms with van der Waals surface area (Å²) in [5, 5.41) is 4.30. The van der Waals surface area contributed by atoms with Crippen LogP contribution in [-0.2, 0) is 4.74 Å². The van der Waals surface area contributed by atoms with Crippen LogP contribution in [0.4, 0.5) is 5.82 Å². The number of aldehydes is 1. The monoisotopic (exact) mass is 454 g/mol. The number of ether oxygens (including phenoxy) is 1. The van der Waals surface area contributed by atoms with Crippen LogP contribution in [0.15, 0.2) is 55.0 Å². The van der Waals surface area contributed by atoms with Crippen molar-refractivity contribution >= 4 is 17.8 Å². The molecule has 8 heteroatoms. The van der Waals surface area contributed by atoms with Crippen LogP contribution in [0.1, 0.15) is 27.0 Å². The first-order valence-electron chi connectivity index (χ1n) is 10.9. The minimum atomic E-state index is 0.427. The molecule has 0 saturated carbocycles. The lowest BCUT2D eigenvalue weighted by molar-refractivity contribution is 0.0503. The second-order valence-electron chi connectivity index (χ2n) is 7.96. The van der Waals surface area contributed by atoms with E-state index in [0.717, 1.165) is 55.0 Å². The van der Waals surface area contributed by atoms with Gasteiger partial charge in [0.2, 0.25) is 0 Å². The number of fused-ring (bicyclic) bond motifs is 1. The molecule has 172 valence electrons. The fourth-order valence-corrected chi connectivity index (χ4v) is 3.41. The van der Waals surface area contributed by atoms with E-state index in [0.29, 0.717) is 22.6 Å². The predicted molar refractivity (Wildman–Crippen MR) is 131 cm³/mol. The first-order chi connectivity index (χ1) is 16.5. The van der Waals surface area contributed by atoms with Gasteiger partial charge in [0.15, 0.2) is 5.65 Å². The molecule has 4 heterocycles. The second kappa shape index (κ2) is 10.7. The van der Waals surface area contributed by atoms with Crippen LogP contribution in [0.2, 0.25) is 0 Å². The number of anilines is 1. The number of hydrogen-bond donors (Lipinski definition) is 1. The van der Waals surface area contributed by atoms with Crippen molar-refractivity contribution in [2.24, 2.45) is 0 Å². The first kappa shape index (κ1) is 23.1. The summed E-state index contributed by atoms with van der Waals surface area (Å²) in [5.41, 5.74) is 11.2. The van der Waals surface area contributed by atoms with Crippen molar-refractivity contribution in [1.29, 1.82) is 0 Å². The number of nitrogen functional groups attached to an aromatic ring is 1. The number of carbonyl (C=O) groups is 1. The minimum absolute atomic E-state index is 0.427. The van der Waals surface area contributed by atoms with E-state index in [1.807, 2.05) is 31.3 Å². The van der Waals surface area contributed by atoms with Crippen LogP contribution >= 0.6 is 0 Å². The molecule has 1 aliphatic heterocycles. The van der Waals surface area contributed by atoms with Crippen molar-refractivity contribution in [3.63, 3.8) is 0 Å². The Morgan fingerprint density at radius 3 is 2.62 bits per heavy atom. The molecule has 0 spiro atoms. The number of aromatic nitrogens is 4. The van der Waals surface area contributed by atoms with E-state index in [-0.39, 0.29) is 0 Å². The van der Waals surface area contributed by atoms with E-state index in [2.05, 4.69) is 33.9 Å². The maximum absolute atomic E-state index is 11.0. The minimum Gasteiger partial charge on any atom is -0.384 e. The maximum Gasteiger partial charge on any atom is 0.171 e. The van der Waals surface area contributed by atoms with E-state index in [9.17, 15) is 4.79 Å². The quantitative estimate of drug-likeness (QED) is 0.367. The highest BCUT2D eigenvalue weighted by atomic mass is 16.5. The van der Waals surface area contributed by atoms with Crippen molar-refractivity contribution in [1.82, 2.24) is 24.5 Å². The number of morpholine rings is 1. The van der Waals surface area contributed by atoms with Gasteiger partial charge in [-0.25, -0.2) is 14.5 Å². The molecule has 0 bridgehead atoms. The van der Waals surface area contributed by atoms with Crippen LogP contribution in [0, 0.1) is 18.8 Å². The van der Waals surface area contributed by atoms with E-state index in [1.54, 1.807) is 35.1 Å². The number of hydrogen-bond acceptors (Lipinski definition) is 7. The summed E-state index contributed by atoms with van der Waals surface area (Å²) in [6.07, 6.45) is 6.00. The molecule has 5 rings (SSSR count). The van der Waals surface area contributed by atoms with Gasteiger partial charge >= 0.3 is 0 Å². The number of benzene rings is 1. The van der Waals surface area contributed by atoms with Crippen molar-refractivity contribution in [2.45, 2.75) is 6.92 Å². The third-order valence-corrected chi connectivity index (χ3v) is 5.42. The highest BCUT2D eigenvalue weighted by Crippen LogP contribution is 2.21. The summed E-state index contributed by atoms with van der Waals surface area (Å²) in [7, 11) is 2.11. The molecular formula is C26H26N6O2. The summed E-state index contributed by atoms with van der Waals surface area (Å²) >= 11 is 0. The molecule has 1 fully saturated rings. The van der Waals surface area contributed by atoms with E-state index in [1.165, 1.54) is 0 Å². The van der Waals surface area contributed by atoms with Gasteiger partial charge in [-0.3, -0.25) is 4.79 Å². The van der Waals surface area contributed by atoms with E-state index in [4.69, 9.17) is 15.5 Å². The number of nitrogens with two attached hydrogens (primary N) is 1. The lowest BCUT2D eigenvalue weighted by Gasteiger charge is -2.21. The molecule has 34 heavy (non-hydrogen) atoms. The van der Waals surface area contributed by atoms with Crippen molar-refractivity contribution < 1.29 is 9.53 Å². The van der Waals surface area contributed by atoms with Crippen LogP contribution in [-0.4, -0.2) is 64.1 Å². The van der Waals surface area contributed by atoms with Gasteiger partial charge in [0.25, 0.3) is 0 Å². The van der Waals surface area contributed by atoms with Gasteiger partial charge in [0.05, 0.1) is 30.7 Å². The lowest BCUT2D eigenvalue weighted by Crippen LogP contribution is -2.32. The largest absolute Gasteiger partial charge is 0.384 e. The number of likely N-dealkylation sites (N-methyl/N-ethyl adjacent to an activating group) is 1. The number of aryl methyl sites for hydroxylation is 1. The Balaban J connectivity index is 0.000000336. The fourth-order valence-electron chi connectivity index (χ4n) is 3.41. The smallest absolute Gasteiger partial charge is 0.171 e. The van der Waals surface area contributed by atoms with Crippen LogP contribution in [0.5, 0.6) is 0 Å². The van der Waals surface area contributed by atoms with Crippen molar-refractivity contribution in [3.05, 3.63) is 77.2 Å². The van der Waals surface area contributed by atoms with E-state index >= 15 is 0 Å². The molecule has 4 aromatic rings. The SMILES string of the molecule is CN1CCOCC1.Cc1cc(-c2ccn3ncc(C#Cc4ccnc(N)c4)c3n2)ccc1C=O. The summed E-state index contributed by atoms with van der Waals surface area (Å²) in [6, 6.07) is 11.0. The van der Waals surface area contributed by atoms with Gasteiger partial charge in [0, 0.05) is 42.2 Å². The molecule has 0 amide bonds. The normalized spacial score (nSPS) is 13.5. The zero-order valence-corrected chi connectivity index (χ0v) is 19.2. The fraction of sp³-hybridized carbons (Fsp3) is 0.231. The van der Waals surface area contributed by atoms with Gasteiger partial charge in [0.1, 0.15) is 12.1 Å². The highest BCUT2D eigenvalue weighted by molar-refractivity contribution is 5.79. The predicted octanol–water partition coefficient (Wildman–Crippen LogP) is 2.84. The molecule has 2 N–H and O–H groups in total. The van der Waals surface area contributed by atoms with Gasteiger partial charge in [-0.15, -0.1) is 0 Å². The number of pyridine rings is 1. The summed E-state index contributed by atoms with van der Waals surface area (Å²) in [5.74, 6) is 6.58. The molecule has 0 radical (unpaired) electrons. The van der Waals surface area contributed by atoms with Gasteiger partial charge < -0.3 is 15.4 Å². The molecule has 0 unspecified atom stereocenters. The van der Waals surface area contributed by atoms with Crippen LogP contribution < -0.4 is 5.73 Å². The Hall–Kier alpha value is -4.06.